The largest absolute Gasteiger partial charge is 0.463 e. The molecule has 0 saturated carbocycles. The molecule has 33 heavy (non-hydrogen) atoms. The lowest BCUT2D eigenvalue weighted by molar-refractivity contribution is -0.117. The second kappa shape index (κ2) is 8.76. The summed E-state index contributed by atoms with van der Waals surface area (Å²) in [6.07, 6.45) is 2.88. The number of aromatic nitrogens is 2. The summed E-state index contributed by atoms with van der Waals surface area (Å²) >= 11 is 3.49. The Kier molecular flexibility index (Phi) is 5.65. The first-order valence-corrected chi connectivity index (χ1v) is 11.2. The number of hydrogen-bond acceptors (Lipinski definition) is 6. The number of nitrogens with zero attached hydrogens (tertiary/aromatic N) is 3. The lowest BCUT2D eigenvalue weighted by Gasteiger charge is -2.17. The smallest absolute Gasteiger partial charge is 0.255 e. The fourth-order valence-electron chi connectivity index (χ4n) is 3.93. The van der Waals surface area contributed by atoms with Gasteiger partial charge < -0.3 is 20.6 Å². The van der Waals surface area contributed by atoms with Gasteiger partial charge in [0, 0.05) is 4.47 Å². The number of carbonyl (C=O) groups is 1. The third kappa shape index (κ3) is 4.12. The van der Waals surface area contributed by atoms with Crippen molar-refractivity contribution in [2.75, 3.05) is 29.7 Å². The summed E-state index contributed by atoms with van der Waals surface area (Å²) in [6, 6.07) is 17.1. The fourth-order valence-corrected chi connectivity index (χ4v) is 4.20. The highest BCUT2D eigenvalue weighted by molar-refractivity contribution is 9.10. The van der Waals surface area contributed by atoms with E-state index >= 15 is 0 Å². The van der Waals surface area contributed by atoms with E-state index in [2.05, 4.69) is 15.9 Å². The standard InChI is InChI=1S/C24H22BrN5O3/c25-16-5-7-17(8-6-16)30-20(10-4-15-3-9-18(26)19(27)12-15)24(29-14-32-13-22(29)31)23(28-30)21-2-1-11-33-21/h1-3,5-9,11-12H,4,10,13-14,26-27H2. The maximum absolute atomic E-state index is 12.7. The van der Waals surface area contributed by atoms with Crippen LogP contribution in [-0.2, 0) is 22.4 Å². The topological polar surface area (TPSA) is 113 Å². The monoisotopic (exact) mass is 507 g/mol. The molecule has 0 spiro atoms. The Labute approximate surface area is 198 Å². The predicted octanol–water partition coefficient (Wildman–Crippen LogP) is 4.17. The Balaban J connectivity index is 1.65. The van der Waals surface area contributed by atoms with Crippen LogP contribution >= 0.6 is 15.9 Å². The average molecular weight is 508 g/mol. The predicted molar refractivity (Wildman–Crippen MR) is 130 cm³/mol. The quantitative estimate of drug-likeness (QED) is 0.378. The van der Waals surface area contributed by atoms with Gasteiger partial charge in [-0.05, 0) is 66.9 Å². The van der Waals surface area contributed by atoms with Gasteiger partial charge in [0.05, 0.1) is 34.7 Å². The molecule has 0 atom stereocenters. The van der Waals surface area contributed by atoms with E-state index in [4.69, 9.17) is 25.7 Å². The van der Waals surface area contributed by atoms with Crippen LogP contribution in [0, 0.1) is 0 Å². The summed E-state index contributed by atoms with van der Waals surface area (Å²) in [5, 5.41) is 4.89. The zero-order chi connectivity index (χ0) is 22.9. The molecule has 1 aliphatic rings. The van der Waals surface area contributed by atoms with Gasteiger partial charge in [-0.1, -0.05) is 22.0 Å². The first-order valence-electron chi connectivity index (χ1n) is 10.4. The van der Waals surface area contributed by atoms with Crippen LogP contribution in [-0.4, -0.2) is 29.0 Å². The van der Waals surface area contributed by atoms with Crippen molar-refractivity contribution < 1.29 is 13.9 Å². The molecule has 2 aromatic carbocycles. The molecular weight excluding hydrogens is 486 g/mol. The lowest BCUT2D eigenvalue weighted by Crippen LogP contribution is -2.26. The van der Waals surface area contributed by atoms with Crippen LogP contribution in [0.15, 0.2) is 69.8 Å². The minimum absolute atomic E-state index is 0.0367. The number of furan rings is 1. The van der Waals surface area contributed by atoms with Gasteiger partial charge in [-0.2, -0.15) is 5.10 Å². The molecule has 4 aromatic rings. The minimum Gasteiger partial charge on any atom is -0.463 e. The summed E-state index contributed by atoms with van der Waals surface area (Å²) < 4.78 is 14.0. The van der Waals surface area contributed by atoms with Gasteiger partial charge in [-0.25, -0.2) is 4.68 Å². The Morgan fingerprint density at radius 1 is 1.03 bits per heavy atom. The van der Waals surface area contributed by atoms with Crippen molar-refractivity contribution in [3.05, 3.63) is 76.6 Å². The summed E-state index contributed by atoms with van der Waals surface area (Å²) in [4.78, 5) is 14.3. The van der Waals surface area contributed by atoms with Crippen molar-refractivity contribution in [2.45, 2.75) is 12.8 Å². The number of benzene rings is 2. The van der Waals surface area contributed by atoms with Crippen molar-refractivity contribution in [3.8, 4) is 17.1 Å². The van der Waals surface area contributed by atoms with E-state index in [-0.39, 0.29) is 19.2 Å². The SMILES string of the molecule is Nc1ccc(CCc2c(N3COCC3=O)c(-c3ccco3)nn2-c2ccc(Br)cc2)cc1N. The lowest BCUT2D eigenvalue weighted by atomic mass is 10.0. The second-order valence-corrected chi connectivity index (χ2v) is 8.69. The van der Waals surface area contributed by atoms with Crippen LogP contribution in [0.3, 0.4) is 0 Å². The summed E-state index contributed by atoms with van der Waals surface area (Å²) in [5.41, 5.74) is 17.1. The number of ether oxygens (including phenoxy) is 1. The molecule has 0 aliphatic carbocycles. The summed E-state index contributed by atoms with van der Waals surface area (Å²) in [5.74, 6) is 0.467. The van der Waals surface area contributed by atoms with Crippen LogP contribution in [0.5, 0.6) is 0 Å². The molecule has 0 radical (unpaired) electrons. The molecule has 2 aromatic heterocycles. The zero-order valence-electron chi connectivity index (χ0n) is 17.7. The first kappa shape index (κ1) is 21.3. The van der Waals surface area contributed by atoms with E-state index in [0.29, 0.717) is 41.4 Å². The minimum atomic E-state index is -0.115. The molecule has 4 N–H and O–H groups in total. The maximum Gasteiger partial charge on any atom is 0.255 e. The second-order valence-electron chi connectivity index (χ2n) is 7.77. The fraction of sp³-hybridized carbons (Fsp3) is 0.167. The Morgan fingerprint density at radius 3 is 2.52 bits per heavy atom. The van der Waals surface area contributed by atoms with E-state index in [1.165, 1.54) is 0 Å². The van der Waals surface area contributed by atoms with Crippen LogP contribution in [0.4, 0.5) is 17.1 Å². The summed E-state index contributed by atoms with van der Waals surface area (Å²) in [6.45, 7) is 0.204. The first-order chi connectivity index (χ1) is 16.0. The molecule has 0 bridgehead atoms. The Bertz CT molecular complexity index is 1300. The number of hydrogen-bond donors (Lipinski definition) is 2. The van der Waals surface area contributed by atoms with Gasteiger partial charge in [0.25, 0.3) is 5.91 Å². The number of anilines is 3. The highest BCUT2D eigenvalue weighted by Crippen LogP contribution is 2.37. The number of halogens is 1. The molecule has 8 nitrogen and oxygen atoms in total. The van der Waals surface area contributed by atoms with Gasteiger partial charge in [0.2, 0.25) is 0 Å². The van der Waals surface area contributed by atoms with Crippen molar-refractivity contribution in [1.29, 1.82) is 0 Å². The normalized spacial score (nSPS) is 13.7. The van der Waals surface area contributed by atoms with Crippen LogP contribution < -0.4 is 16.4 Å². The third-order valence-corrected chi connectivity index (χ3v) is 6.13. The molecule has 1 aliphatic heterocycles. The van der Waals surface area contributed by atoms with Gasteiger partial charge in [0.15, 0.2) is 11.5 Å². The third-order valence-electron chi connectivity index (χ3n) is 5.60. The summed E-state index contributed by atoms with van der Waals surface area (Å²) in [7, 11) is 0. The molecule has 1 fully saturated rings. The van der Waals surface area contributed by atoms with Crippen molar-refractivity contribution in [2.24, 2.45) is 0 Å². The number of aryl methyl sites for hydroxylation is 1. The Hall–Kier alpha value is -3.56. The molecule has 1 amide bonds. The molecule has 3 heterocycles. The van der Waals surface area contributed by atoms with Gasteiger partial charge in [-0.15, -0.1) is 0 Å². The number of carbonyl (C=O) groups excluding carboxylic acids is 1. The molecule has 168 valence electrons. The molecular formula is C24H22BrN5O3. The van der Waals surface area contributed by atoms with E-state index in [1.54, 1.807) is 17.2 Å². The van der Waals surface area contributed by atoms with Crippen molar-refractivity contribution >= 4 is 38.9 Å². The van der Waals surface area contributed by atoms with Gasteiger partial charge in [0.1, 0.15) is 13.3 Å². The van der Waals surface area contributed by atoms with E-state index in [9.17, 15) is 4.79 Å². The van der Waals surface area contributed by atoms with Crippen LogP contribution in [0.1, 0.15) is 11.3 Å². The van der Waals surface area contributed by atoms with E-state index < -0.39 is 0 Å². The number of nitrogen functional groups attached to an aromatic ring is 2. The molecule has 0 unspecified atom stereocenters. The number of rotatable bonds is 6. The highest BCUT2D eigenvalue weighted by Gasteiger charge is 2.32. The van der Waals surface area contributed by atoms with Gasteiger partial charge in [-0.3, -0.25) is 9.69 Å². The molecule has 5 rings (SSSR count). The zero-order valence-corrected chi connectivity index (χ0v) is 19.3. The maximum atomic E-state index is 12.7. The van der Waals surface area contributed by atoms with E-state index in [0.717, 1.165) is 21.4 Å². The van der Waals surface area contributed by atoms with Gasteiger partial charge >= 0.3 is 0 Å². The van der Waals surface area contributed by atoms with E-state index in [1.807, 2.05) is 53.2 Å². The van der Waals surface area contributed by atoms with Crippen LogP contribution in [0.25, 0.3) is 17.1 Å². The highest BCUT2D eigenvalue weighted by atomic mass is 79.9. The number of amides is 1. The molecule has 9 heteroatoms. The average Bonchev–Trinajstić information content (AvgIpc) is 3.55. The van der Waals surface area contributed by atoms with Crippen molar-refractivity contribution in [1.82, 2.24) is 9.78 Å². The molecule has 1 saturated heterocycles. The Morgan fingerprint density at radius 2 is 1.85 bits per heavy atom. The number of nitrogens with two attached hydrogens (primary N) is 2. The van der Waals surface area contributed by atoms with Crippen LogP contribution in [0.2, 0.25) is 0 Å². The van der Waals surface area contributed by atoms with Crippen molar-refractivity contribution in [3.63, 3.8) is 0 Å².